The minimum atomic E-state index is -1.08. The van der Waals surface area contributed by atoms with Gasteiger partial charge >= 0.3 is 5.97 Å². The van der Waals surface area contributed by atoms with Crippen LogP contribution >= 0.6 is 0 Å². The molecule has 0 saturated heterocycles. The number of nitrogens with one attached hydrogen (secondary N) is 1. The van der Waals surface area contributed by atoms with E-state index >= 15 is 0 Å². The number of anilines is 1. The Hall–Kier alpha value is -1.91. The van der Waals surface area contributed by atoms with Gasteiger partial charge in [-0.05, 0) is 18.6 Å². The number of carbonyl (C=O) groups is 1. The number of unbranched alkanes of at least 4 members (excludes halogenated alkanes) is 2. The molecule has 0 aliphatic carbocycles. The number of methoxy groups -OCH3 is 1. The summed E-state index contributed by atoms with van der Waals surface area (Å²) < 4.78 is 4.96. The highest BCUT2D eigenvalue weighted by Crippen LogP contribution is 2.36. The maximum Gasteiger partial charge on any atom is 0.337 e. The molecule has 100 valence electrons. The lowest BCUT2D eigenvalue weighted by atomic mass is 10.1. The van der Waals surface area contributed by atoms with Gasteiger partial charge in [-0.1, -0.05) is 19.8 Å². The molecule has 0 unspecified atom stereocenters. The summed E-state index contributed by atoms with van der Waals surface area (Å²) in [6.45, 7) is 2.71. The van der Waals surface area contributed by atoms with Gasteiger partial charge in [0.1, 0.15) is 0 Å². The number of phenols is 1. The van der Waals surface area contributed by atoms with Crippen molar-refractivity contribution in [2.24, 2.45) is 0 Å². The molecule has 0 atom stereocenters. The number of ether oxygens (including phenoxy) is 1. The first-order valence-electron chi connectivity index (χ1n) is 5.99. The molecule has 18 heavy (non-hydrogen) atoms. The van der Waals surface area contributed by atoms with Gasteiger partial charge in [-0.3, -0.25) is 0 Å². The molecule has 5 heteroatoms. The largest absolute Gasteiger partial charge is 0.503 e. The van der Waals surface area contributed by atoms with E-state index in [1.807, 2.05) is 0 Å². The zero-order valence-electron chi connectivity index (χ0n) is 10.7. The fourth-order valence-electron chi connectivity index (χ4n) is 1.68. The molecule has 0 bridgehead atoms. The molecular weight excluding hydrogens is 234 g/mol. The van der Waals surface area contributed by atoms with Crippen LogP contribution in [0.15, 0.2) is 12.1 Å². The Bertz CT molecular complexity index is 418. The van der Waals surface area contributed by atoms with Gasteiger partial charge in [0.25, 0.3) is 0 Å². The van der Waals surface area contributed by atoms with Crippen LogP contribution in [0.1, 0.15) is 36.5 Å². The average Bonchev–Trinajstić information content (AvgIpc) is 2.35. The molecular formula is C13H19NO4. The van der Waals surface area contributed by atoms with Gasteiger partial charge in [0.05, 0.1) is 18.4 Å². The molecule has 1 rings (SSSR count). The fraction of sp³-hybridized carbons (Fsp3) is 0.462. The van der Waals surface area contributed by atoms with Crippen LogP contribution in [0, 0.1) is 0 Å². The van der Waals surface area contributed by atoms with E-state index in [4.69, 9.17) is 9.84 Å². The summed E-state index contributed by atoms with van der Waals surface area (Å²) in [6.07, 6.45) is 3.06. The lowest BCUT2D eigenvalue weighted by Crippen LogP contribution is -2.08. The number of benzene rings is 1. The number of aromatic carboxylic acids is 1. The lowest BCUT2D eigenvalue weighted by Gasteiger charge is -2.13. The summed E-state index contributed by atoms with van der Waals surface area (Å²) in [5.41, 5.74) is 0.266. The second-order valence-electron chi connectivity index (χ2n) is 3.98. The zero-order chi connectivity index (χ0) is 13.5. The Morgan fingerprint density at radius 2 is 2.11 bits per heavy atom. The topological polar surface area (TPSA) is 78.8 Å². The average molecular weight is 253 g/mol. The first kappa shape index (κ1) is 14.2. The second kappa shape index (κ2) is 6.74. The van der Waals surface area contributed by atoms with Crippen molar-refractivity contribution in [1.29, 1.82) is 0 Å². The van der Waals surface area contributed by atoms with Gasteiger partial charge in [0, 0.05) is 6.54 Å². The van der Waals surface area contributed by atoms with Crippen LogP contribution in [0.5, 0.6) is 11.5 Å². The maximum absolute atomic E-state index is 11.1. The molecule has 0 heterocycles. The summed E-state index contributed by atoms with van der Waals surface area (Å²) in [5.74, 6) is -0.974. The number of phenolic OH excluding ortho intramolecular Hbond substituents is 1. The van der Waals surface area contributed by atoms with Gasteiger partial charge in [0.15, 0.2) is 11.5 Å². The minimum Gasteiger partial charge on any atom is -0.503 e. The van der Waals surface area contributed by atoms with Crippen LogP contribution in [0.25, 0.3) is 0 Å². The molecule has 0 fully saturated rings. The minimum absolute atomic E-state index is 0.0461. The molecule has 0 aliphatic heterocycles. The number of aromatic hydroxyl groups is 1. The van der Waals surface area contributed by atoms with Crippen LogP contribution in [-0.4, -0.2) is 29.8 Å². The summed E-state index contributed by atoms with van der Waals surface area (Å²) >= 11 is 0. The van der Waals surface area contributed by atoms with Gasteiger partial charge < -0.3 is 20.3 Å². The van der Waals surface area contributed by atoms with E-state index < -0.39 is 5.97 Å². The van der Waals surface area contributed by atoms with E-state index in [2.05, 4.69) is 12.2 Å². The standard InChI is InChI=1S/C13H19NO4/c1-3-4-5-8-14-11-9(13(16)17)6-7-10(18-2)12(11)15/h6-7,14-15H,3-5,8H2,1-2H3,(H,16,17). The molecule has 0 radical (unpaired) electrons. The molecule has 3 N–H and O–H groups in total. The number of hydrogen-bond donors (Lipinski definition) is 3. The van der Waals surface area contributed by atoms with Crippen molar-refractivity contribution in [3.63, 3.8) is 0 Å². The molecule has 0 aliphatic rings. The number of hydrogen-bond acceptors (Lipinski definition) is 4. The molecule has 0 spiro atoms. The van der Waals surface area contributed by atoms with Crippen LogP contribution in [0.4, 0.5) is 5.69 Å². The van der Waals surface area contributed by atoms with Gasteiger partial charge in [0.2, 0.25) is 0 Å². The Labute approximate surface area is 106 Å². The van der Waals surface area contributed by atoms with Crippen LogP contribution < -0.4 is 10.1 Å². The Balaban J connectivity index is 2.93. The number of carboxylic acid groups (broad SMARTS) is 1. The van der Waals surface area contributed by atoms with Crippen molar-refractivity contribution < 1.29 is 19.7 Å². The molecule has 0 amide bonds. The second-order valence-corrected chi connectivity index (χ2v) is 3.98. The van der Waals surface area contributed by atoms with Crippen LogP contribution in [0.3, 0.4) is 0 Å². The summed E-state index contributed by atoms with van der Waals surface area (Å²) in [7, 11) is 1.43. The quantitative estimate of drug-likeness (QED) is 0.514. The van der Waals surface area contributed by atoms with E-state index in [1.54, 1.807) is 0 Å². The van der Waals surface area contributed by atoms with E-state index in [1.165, 1.54) is 19.2 Å². The lowest BCUT2D eigenvalue weighted by molar-refractivity contribution is 0.0697. The maximum atomic E-state index is 11.1. The van der Waals surface area contributed by atoms with E-state index in [0.717, 1.165) is 19.3 Å². The normalized spacial score (nSPS) is 10.1. The van der Waals surface area contributed by atoms with Crippen molar-refractivity contribution in [2.45, 2.75) is 26.2 Å². The highest BCUT2D eigenvalue weighted by atomic mass is 16.5. The third-order valence-corrected chi connectivity index (χ3v) is 2.67. The summed E-state index contributed by atoms with van der Waals surface area (Å²) in [4.78, 5) is 11.1. The fourth-order valence-corrected chi connectivity index (χ4v) is 1.68. The SMILES string of the molecule is CCCCCNc1c(C(=O)O)ccc(OC)c1O. The predicted octanol–water partition coefficient (Wildman–Crippen LogP) is 2.70. The highest BCUT2D eigenvalue weighted by molar-refractivity contribution is 5.96. The van der Waals surface area contributed by atoms with E-state index in [0.29, 0.717) is 6.54 Å². The molecule has 5 nitrogen and oxygen atoms in total. The van der Waals surface area contributed by atoms with Gasteiger partial charge in [-0.25, -0.2) is 4.79 Å². The van der Waals surface area contributed by atoms with E-state index in [-0.39, 0.29) is 22.7 Å². The van der Waals surface area contributed by atoms with Crippen molar-refractivity contribution in [1.82, 2.24) is 0 Å². The smallest absolute Gasteiger partial charge is 0.337 e. The Morgan fingerprint density at radius 3 is 2.67 bits per heavy atom. The Morgan fingerprint density at radius 1 is 1.39 bits per heavy atom. The summed E-state index contributed by atoms with van der Waals surface area (Å²) in [6, 6.07) is 2.86. The monoisotopic (exact) mass is 253 g/mol. The first-order valence-corrected chi connectivity index (χ1v) is 5.99. The summed E-state index contributed by atoms with van der Waals surface area (Å²) in [5, 5.41) is 22.0. The molecule has 1 aromatic rings. The third-order valence-electron chi connectivity index (χ3n) is 2.67. The van der Waals surface area contributed by atoms with Gasteiger partial charge in [-0.15, -0.1) is 0 Å². The third kappa shape index (κ3) is 3.29. The van der Waals surface area contributed by atoms with Crippen LogP contribution in [-0.2, 0) is 0 Å². The first-order chi connectivity index (χ1) is 8.61. The highest BCUT2D eigenvalue weighted by Gasteiger charge is 2.17. The number of rotatable bonds is 7. The van der Waals surface area contributed by atoms with E-state index in [9.17, 15) is 9.90 Å². The molecule has 0 saturated carbocycles. The zero-order valence-corrected chi connectivity index (χ0v) is 10.7. The van der Waals surface area contributed by atoms with Gasteiger partial charge in [-0.2, -0.15) is 0 Å². The van der Waals surface area contributed by atoms with Crippen LogP contribution in [0.2, 0.25) is 0 Å². The number of carboxylic acids is 1. The predicted molar refractivity (Wildman–Crippen MR) is 69.6 cm³/mol. The van der Waals surface area contributed by atoms with Crippen molar-refractivity contribution in [2.75, 3.05) is 19.0 Å². The van der Waals surface area contributed by atoms with Crippen molar-refractivity contribution >= 4 is 11.7 Å². The van der Waals surface area contributed by atoms with Crippen molar-refractivity contribution in [3.05, 3.63) is 17.7 Å². The molecule has 1 aromatic carbocycles. The Kier molecular flexibility index (Phi) is 5.30. The molecule has 0 aromatic heterocycles. The van der Waals surface area contributed by atoms with Crippen molar-refractivity contribution in [3.8, 4) is 11.5 Å².